The highest BCUT2D eigenvalue weighted by Crippen LogP contribution is 2.29. The van der Waals surface area contributed by atoms with Crippen molar-refractivity contribution in [3.8, 4) is 0 Å². The van der Waals surface area contributed by atoms with Gasteiger partial charge in [0.2, 0.25) is 0 Å². The summed E-state index contributed by atoms with van der Waals surface area (Å²) in [7, 11) is 1.61. The van der Waals surface area contributed by atoms with E-state index in [1.54, 1.807) is 7.05 Å². The lowest BCUT2D eigenvalue weighted by atomic mass is 10.3. The Morgan fingerprint density at radius 3 is 2.56 bits per heavy atom. The Hall–Kier alpha value is -2.29. The van der Waals surface area contributed by atoms with Crippen molar-refractivity contribution in [1.82, 2.24) is 15.6 Å². The van der Waals surface area contributed by atoms with Crippen LogP contribution in [-0.2, 0) is 12.7 Å². The Morgan fingerprint density at radius 1 is 1.16 bits per heavy atom. The number of nitrogens with one attached hydrogen (secondary N) is 3. The van der Waals surface area contributed by atoms with Crippen molar-refractivity contribution in [2.24, 2.45) is 4.99 Å². The van der Waals surface area contributed by atoms with Gasteiger partial charge in [0, 0.05) is 31.2 Å². The van der Waals surface area contributed by atoms with Gasteiger partial charge in [-0.1, -0.05) is 18.2 Å². The van der Waals surface area contributed by atoms with Crippen LogP contribution in [0, 0.1) is 0 Å². The molecule has 0 spiro atoms. The Kier molecular flexibility index (Phi) is 7.05. The molecule has 0 saturated carbocycles. The predicted octanol–water partition coefficient (Wildman–Crippen LogP) is 3.33. The third-order valence-corrected chi connectivity index (χ3v) is 4.07. The maximum Gasteiger partial charge on any atom is 0.434 e. The zero-order chi connectivity index (χ0) is 18.1. The molecule has 0 aliphatic heterocycles. The second-order valence-electron chi connectivity index (χ2n) is 5.12. The third-order valence-electron chi connectivity index (χ3n) is 3.22. The standard InChI is InChI=1S/C16H20F3N5S/c1-20-15(22-9-5-8-21-12-6-3-2-4-7-12)23-10-14-24-13(11-25-14)16(17,18)19/h2-4,6-7,11,21H,5,8-10H2,1H3,(H2,20,22,23). The van der Waals surface area contributed by atoms with Crippen molar-refractivity contribution in [2.75, 3.05) is 25.5 Å². The van der Waals surface area contributed by atoms with Gasteiger partial charge >= 0.3 is 6.18 Å². The van der Waals surface area contributed by atoms with Crippen LogP contribution in [0.5, 0.6) is 0 Å². The number of aliphatic imine (C=N–C) groups is 1. The highest BCUT2D eigenvalue weighted by molar-refractivity contribution is 7.09. The monoisotopic (exact) mass is 371 g/mol. The molecule has 25 heavy (non-hydrogen) atoms. The van der Waals surface area contributed by atoms with Crippen LogP contribution >= 0.6 is 11.3 Å². The van der Waals surface area contributed by atoms with Crippen LogP contribution in [-0.4, -0.2) is 31.1 Å². The minimum atomic E-state index is -4.40. The van der Waals surface area contributed by atoms with Crippen LogP contribution in [0.25, 0.3) is 0 Å². The van der Waals surface area contributed by atoms with Gasteiger partial charge in [-0.3, -0.25) is 4.99 Å². The molecule has 136 valence electrons. The van der Waals surface area contributed by atoms with E-state index in [-0.39, 0.29) is 6.54 Å². The molecule has 0 unspecified atom stereocenters. The number of thiazole rings is 1. The summed E-state index contributed by atoms with van der Waals surface area (Å²) in [6, 6.07) is 9.89. The lowest BCUT2D eigenvalue weighted by Crippen LogP contribution is -2.37. The molecule has 0 aliphatic carbocycles. The Labute approximate surface area is 148 Å². The van der Waals surface area contributed by atoms with Gasteiger partial charge in [0.15, 0.2) is 11.7 Å². The van der Waals surface area contributed by atoms with E-state index in [9.17, 15) is 13.2 Å². The van der Waals surface area contributed by atoms with Crippen LogP contribution in [0.4, 0.5) is 18.9 Å². The van der Waals surface area contributed by atoms with Crippen molar-refractivity contribution >= 4 is 23.0 Å². The molecule has 2 rings (SSSR count). The SMILES string of the molecule is CN=C(NCCCNc1ccccc1)NCc1nc(C(F)(F)F)cs1. The molecule has 3 N–H and O–H groups in total. The van der Waals surface area contributed by atoms with Crippen molar-refractivity contribution in [3.63, 3.8) is 0 Å². The summed E-state index contributed by atoms with van der Waals surface area (Å²) in [5.41, 5.74) is 0.207. The first kappa shape index (κ1) is 19.0. The van der Waals surface area contributed by atoms with Gasteiger partial charge in [-0.2, -0.15) is 13.2 Å². The summed E-state index contributed by atoms with van der Waals surface area (Å²) in [5, 5.41) is 10.7. The number of para-hydroxylation sites is 1. The predicted molar refractivity (Wildman–Crippen MR) is 94.9 cm³/mol. The molecule has 0 radical (unpaired) electrons. The molecule has 9 heteroatoms. The maximum atomic E-state index is 12.5. The van der Waals surface area contributed by atoms with Crippen LogP contribution < -0.4 is 16.0 Å². The summed E-state index contributed by atoms with van der Waals surface area (Å²) in [6.07, 6.45) is -3.54. The molecule has 1 aromatic heterocycles. The Morgan fingerprint density at radius 2 is 1.92 bits per heavy atom. The molecule has 0 aliphatic rings. The van der Waals surface area contributed by atoms with E-state index in [1.165, 1.54) is 0 Å². The number of aromatic nitrogens is 1. The fraction of sp³-hybridized carbons (Fsp3) is 0.375. The van der Waals surface area contributed by atoms with E-state index in [1.807, 2.05) is 30.3 Å². The smallest absolute Gasteiger partial charge is 0.385 e. The van der Waals surface area contributed by atoms with Gasteiger partial charge in [-0.25, -0.2) is 4.98 Å². The highest BCUT2D eigenvalue weighted by Gasteiger charge is 2.33. The second-order valence-corrected chi connectivity index (χ2v) is 6.07. The minimum absolute atomic E-state index is 0.197. The van der Waals surface area contributed by atoms with E-state index >= 15 is 0 Å². The number of hydrogen-bond acceptors (Lipinski definition) is 4. The van der Waals surface area contributed by atoms with Crippen LogP contribution in [0.1, 0.15) is 17.1 Å². The number of benzene rings is 1. The first-order chi connectivity index (χ1) is 12.0. The largest absolute Gasteiger partial charge is 0.434 e. The molecular weight excluding hydrogens is 351 g/mol. The van der Waals surface area contributed by atoms with Crippen molar-refractivity contribution in [3.05, 3.63) is 46.4 Å². The fourth-order valence-corrected chi connectivity index (χ4v) is 2.73. The molecule has 0 atom stereocenters. The lowest BCUT2D eigenvalue weighted by Gasteiger charge is -2.11. The number of alkyl halides is 3. The quantitative estimate of drug-likeness (QED) is 0.397. The molecule has 2 aromatic rings. The number of hydrogen-bond donors (Lipinski definition) is 3. The molecule has 1 heterocycles. The van der Waals surface area contributed by atoms with Gasteiger partial charge in [0.25, 0.3) is 0 Å². The molecule has 0 bridgehead atoms. The highest BCUT2D eigenvalue weighted by atomic mass is 32.1. The summed E-state index contributed by atoms with van der Waals surface area (Å²) >= 11 is 0.972. The number of anilines is 1. The molecule has 0 amide bonds. The topological polar surface area (TPSA) is 61.3 Å². The van der Waals surface area contributed by atoms with E-state index in [4.69, 9.17) is 0 Å². The Balaban J connectivity index is 1.66. The first-order valence-corrected chi connectivity index (χ1v) is 8.62. The summed E-state index contributed by atoms with van der Waals surface area (Å²) < 4.78 is 37.5. The van der Waals surface area contributed by atoms with E-state index in [2.05, 4.69) is 25.9 Å². The van der Waals surface area contributed by atoms with Crippen LogP contribution in [0.3, 0.4) is 0 Å². The Bertz CT molecular complexity index is 670. The van der Waals surface area contributed by atoms with E-state index in [0.29, 0.717) is 17.5 Å². The first-order valence-electron chi connectivity index (χ1n) is 7.74. The molecule has 5 nitrogen and oxygen atoms in total. The minimum Gasteiger partial charge on any atom is -0.385 e. The second kappa shape index (κ2) is 9.26. The summed E-state index contributed by atoms with van der Waals surface area (Å²) in [4.78, 5) is 7.61. The average Bonchev–Trinajstić information content (AvgIpc) is 3.07. The van der Waals surface area contributed by atoms with E-state index in [0.717, 1.165) is 35.4 Å². The van der Waals surface area contributed by atoms with Gasteiger partial charge in [0.1, 0.15) is 5.01 Å². The van der Waals surface area contributed by atoms with Crippen molar-refractivity contribution < 1.29 is 13.2 Å². The fourth-order valence-electron chi connectivity index (χ4n) is 1.99. The van der Waals surface area contributed by atoms with E-state index < -0.39 is 11.9 Å². The zero-order valence-corrected chi connectivity index (χ0v) is 14.5. The molecule has 1 aromatic carbocycles. The normalized spacial score (nSPS) is 12.1. The number of halogens is 3. The number of guanidine groups is 1. The third kappa shape index (κ3) is 6.61. The summed E-state index contributed by atoms with van der Waals surface area (Å²) in [6.45, 7) is 1.68. The average molecular weight is 371 g/mol. The number of rotatable bonds is 7. The van der Waals surface area contributed by atoms with Gasteiger partial charge in [-0.05, 0) is 18.6 Å². The molecular formula is C16H20F3N5S. The van der Waals surface area contributed by atoms with Crippen LogP contribution in [0.15, 0.2) is 40.7 Å². The molecule has 0 fully saturated rings. The zero-order valence-electron chi connectivity index (χ0n) is 13.7. The number of nitrogens with zero attached hydrogens (tertiary/aromatic N) is 2. The molecule has 0 saturated heterocycles. The lowest BCUT2D eigenvalue weighted by molar-refractivity contribution is -0.140. The van der Waals surface area contributed by atoms with Gasteiger partial charge in [-0.15, -0.1) is 11.3 Å². The van der Waals surface area contributed by atoms with Gasteiger partial charge in [0.05, 0.1) is 6.54 Å². The van der Waals surface area contributed by atoms with Crippen molar-refractivity contribution in [2.45, 2.75) is 19.1 Å². The maximum absolute atomic E-state index is 12.5. The summed E-state index contributed by atoms with van der Waals surface area (Å²) in [5.74, 6) is 0.531. The van der Waals surface area contributed by atoms with Crippen LogP contribution in [0.2, 0.25) is 0 Å². The van der Waals surface area contributed by atoms with Crippen molar-refractivity contribution in [1.29, 1.82) is 0 Å². The van der Waals surface area contributed by atoms with Gasteiger partial charge < -0.3 is 16.0 Å².